The first kappa shape index (κ1) is 18.4. The van der Waals surface area contributed by atoms with Crippen LogP contribution in [0.15, 0.2) is 53.8 Å². The first-order valence-corrected chi connectivity index (χ1v) is 8.21. The first-order chi connectivity index (χ1) is 11.1. The van der Waals surface area contributed by atoms with Gasteiger partial charge in [-0.25, -0.2) is 0 Å². The number of carbonyl (C=O) groups is 1. The van der Waals surface area contributed by atoms with Crippen molar-refractivity contribution in [3.8, 4) is 0 Å². The van der Waals surface area contributed by atoms with Crippen LogP contribution in [0.2, 0.25) is 0 Å². The van der Waals surface area contributed by atoms with Gasteiger partial charge in [0.05, 0.1) is 23.7 Å². The topological polar surface area (TPSA) is 55.8 Å². The Morgan fingerprint density at radius 2 is 1.83 bits per heavy atom. The molecule has 1 aliphatic carbocycles. The van der Waals surface area contributed by atoms with Gasteiger partial charge < -0.3 is 14.6 Å². The van der Waals surface area contributed by atoms with Crippen molar-refractivity contribution in [1.29, 1.82) is 0 Å². The van der Waals surface area contributed by atoms with Gasteiger partial charge in [0.1, 0.15) is 5.76 Å². The van der Waals surface area contributed by atoms with Gasteiger partial charge in [0.2, 0.25) is 0 Å². The standard InChI is InChI=1S/C20H26O4/c1-14(2)23-20(24-19(3,4)5)12-11-16(17(21)13-20)18(22)15-9-7-6-8-10-15/h6-12,14,21H,13H2,1-5H3. The van der Waals surface area contributed by atoms with E-state index in [4.69, 9.17) is 9.47 Å². The second kappa shape index (κ2) is 6.91. The Labute approximate surface area is 143 Å². The number of ether oxygens (including phenoxy) is 2. The maximum atomic E-state index is 12.6. The summed E-state index contributed by atoms with van der Waals surface area (Å²) in [4.78, 5) is 12.6. The number of hydrogen-bond donors (Lipinski definition) is 1. The summed E-state index contributed by atoms with van der Waals surface area (Å²) in [5.41, 5.74) is 0.361. The summed E-state index contributed by atoms with van der Waals surface area (Å²) in [7, 11) is 0. The van der Waals surface area contributed by atoms with Crippen molar-refractivity contribution in [2.24, 2.45) is 0 Å². The maximum Gasteiger partial charge on any atom is 0.196 e. The van der Waals surface area contributed by atoms with Crippen molar-refractivity contribution in [2.45, 2.75) is 58.5 Å². The molecule has 1 unspecified atom stereocenters. The fourth-order valence-corrected chi connectivity index (χ4v) is 2.74. The van der Waals surface area contributed by atoms with Crippen LogP contribution < -0.4 is 0 Å². The Morgan fingerprint density at radius 1 is 1.21 bits per heavy atom. The molecular weight excluding hydrogens is 304 g/mol. The van der Waals surface area contributed by atoms with Crippen LogP contribution in [0.5, 0.6) is 0 Å². The number of rotatable bonds is 5. The van der Waals surface area contributed by atoms with Gasteiger partial charge >= 0.3 is 0 Å². The SMILES string of the molecule is CC(C)OC1(OC(C)(C)C)C=CC(C(=O)c2ccccc2)=C(O)C1. The van der Waals surface area contributed by atoms with E-state index in [-0.39, 0.29) is 29.6 Å². The molecule has 0 aromatic heterocycles. The number of ketones is 1. The largest absolute Gasteiger partial charge is 0.511 e. The van der Waals surface area contributed by atoms with Crippen LogP contribution in [0.1, 0.15) is 51.4 Å². The van der Waals surface area contributed by atoms with E-state index in [1.54, 1.807) is 36.4 Å². The molecule has 1 atom stereocenters. The molecule has 0 fully saturated rings. The predicted octanol–water partition coefficient (Wildman–Crippen LogP) is 4.58. The summed E-state index contributed by atoms with van der Waals surface area (Å²) in [6, 6.07) is 8.90. The van der Waals surface area contributed by atoms with Crippen LogP contribution in [-0.4, -0.2) is 28.4 Å². The van der Waals surface area contributed by atoms with Gasteiger partial charge in [-0.1, -0.05) is 30.3 Å². The number of carbonyl (C=O) groups excluding carboxylic acids is 1. The third-order valence-electron chi connectivity index (χ3n) is 3.42. The van der Waals surface area contributed by atoms with Crippen molar-refractivity contribution in [3.05, 3.63) is 59.4 Å². The minimum Gasteiger partial charge on any atom is -0.511 e. The molecule has 1 aliphatic rings. The molecule has 4 heteroatoms. The highest BCUT2D eigenvalue weighted by Gasteiger charge is 2.39. The van der Waals surface area contributed by atoms with Crippen LogP contribution >= 0.6 is 0 Å². The Kier molecular flexibility index (Phi) is 5.31. The molecule has 0 bridgehead atoms. The van der Waals surface area contributed by atoms with Crippen molar-refractivity contribution >= 4 is 5.78 Å². The molecule has 0 saturated carbocycles. The predicted molar refractivity (Wildman–Crippen MR) is 94.0 cm³/mol. The van der Waals surface area contributed by atoms with Crippen LogP contribution in [-0.2, 0) is 9.47 Å². The van der Waals surface area contributed by atoms with Crippen LogP contribution in [0.25, 0.3) is 0 Å². The summed E-state index contributed by atoms with van der Waals surface area (Å²) in [6.07, 6.45) is 3.35. The maximum absolute atomic E-state index is 12.6. The highest BCUT2D eigenvalue weighted by Crippen LogP contribution is 2.35. The smallest absolute Gasteiger partial charge is 0.196 e. The Morgan fingerprint density at radius 3 is 2.33 bits per heavy atom. The Hall–Kier alpha value is -1.91. The molecule has 1 N–H and O–H groups in total. The zero-order valence-corrected chi connectivity index (χ0v) is 15.0. The number of benzene rings is 1. The minimum absolute atomic E-state index is 0.0174. The van der Waals surface area contributed by atoms with Gasteiger partial charge in [-0.05, 0) is 46.8 Å². The molecule has 4 nitrogen and oxygen atoms in total. The summed E-state index contributed by atoms with van der Waals surface area (Å²) in [5.74, 6) is -1.30. The van der Waals surface area contributed by atoms with E-state index in [0.717, 1.165) is 0 Å². The highest BCUT2D eigenvalue weighted by atomic mass is 16.7. The van der Waals surface area contributed by atoms with E-state index < -0.39 is 11.4 Å². The number of aliphatic hydroxyl groups is 1. The van der Waals surface area contributed by atoms with Gasteiger partial charge in [0.25, 0.3) is 0 Å². The van der Waals surface area contributed by atoms with Gasteiger partial charge in [-0.15, -0.1) is 0 Å². The highest BCUT2D eigenvalue weighted by molar-refractivity contribution is 6.11. The average molecular weight is 330 g/mol. The van der Waals surface area contributed by atoms with Crippen LogP contribution in [0.3, 0.4) is 0 Å². The zero-order valence-electron chi connectivity index (χ0n) is 15.0. The third-order valence-corrected chi connectivity index (χ3v) is 3.42. The summed E-state index contributed by atoms with van der Waals surface area (Å²) in [5, 5.41) is 10.5. The van der Waals surface area contributed by atoms with E-state index in [1.807, 2.05) is 40.7 Å². The fraction of sp³-hybridized carbons (Fsp3) is 0.450. The molecule has 0 saturated heterocycles. The van der Waals surface area contributed by atoms with Gasteiger partial charge in [0, 0.05) is 5.56 Å². The third kappa shape index (κ3) is 4.56. The molecule has 0 amide bonds. The molecule has 0 aliphatic heterocycles. The first-order valence-electron chi connectivity index (χ1n) is 8.21. The molecule has 0 radical (unpaired) electrons. The number of aliphatic hydroxyl groups excluding tert-OH is 1. The fourth-order valence-electron chi connectivity index (χ4n) is 2.74. The van der Waals surface area contributed by atoms with Crippen molar-refractivity contribution in [1.82, 2.24) is 0 Å². The van der Waals surface area contributed by atoms with Crippen molar-refractivity contribution < 1.29 is 19.4 Å². The summed E-state index contributed by atoms with van der Waals surface area (Å²) >= 11 is 0. The average Bonchev–Trinajstić information content (AvgIpc) is 2.45. The molecule has 24 heavy (non-hydrogen) atoms. The van der Waals surface area contributed by atoms with E-state index in [9.17, 15) is 9.90 Å². The van der Waals surface area contributed by atoms with E-state index in [2.05, 4.69) is 0 Å². The molecular formula is C20H26O4. The zero-order chi connectivity index (χ0) is 18.0. The number of hydrogen-bond acceptors (Lipinski definition) is 4. The van der Waals surface area contributed by atoms with E-state index in [1.165, 1.54) is 0 Å². The summed E-state index contributed by atoms with van der Waals surface area (Å²) < 4.78 is 12.0. The quantitative estimate of drug-likeness (QED) is 0.634. The van der Waals surface area contributed by atoms with Crippen LogP contribution in [0.4, 0.5) is 0 Å². The summed E-state index contributed by atoms with van der Waals surface area (Å²) in [6.45, 7) is 9.60. The monoisotopic (exact) mass is 330 g/mol. The normalized spacial score (nSPS) is 21.4. The van der Waals surface area contributed by atoms with Gasteiger partial charge in [-0.2, -0.15) is 0 Å². The number of allylic oxidation sites excluding steroid dienone is 2. The van der Waals surface area contributed by atoms with E-state index >= 15 is 0 Å². The molecule has 1 aromatic rings. The number of Topliss-reactive ketones (excluding diaryl/α,β-unsaturated/α-hetero) is 1. The minimum atomic E-state index is -1.07. The lowest BCUT2D eigenvalue weighted by Crippen LogP contribution is -2.44. The van der Waals surface area contributed by atoms with E-state index in [0.29, 0.717) is 5.56 Å². The molecule has 130 valence electrons. The molecule has 1 aromatic carbocycles. The Balaban J connectivity index is 2.30. The lowest BCUT2D eigenvalue weighted by molar-refractivity contribution is -0.265. The van der Waals surface area contributed by atoms with Crippen molar-refractivity contribution in [3.63, 3.8) is 0 Å². The molecule has 0 spiro atoms. The second-order valence-corrected chi connectivity index (χ2v) is 7.26. The molecule has 0 heterocycles. The van der Waals surface area contributed by atoms with Gasteiger partial charge in [-0.3, -0.25) is 4.79 Å². The lowest BCUT2D eigenvalue weighted by atomic mass is 9.93. The second-order valence-electron chi connectivity index (χ2n) is 7.26. The van der Waals surface area contributed by atoms with Crippen LogP contribution in [0, 0.1) is 0 Å². The molecule has 2 rings (SSSR count). The van der Waals surface area contributed by atoms with Gasteiger partial charge in [0.15, 0.2) is 11.6 Å². The Bertz CT molecular complexity index is 650. The van der Waals surface area contributed by atoms with Crippen molar-refractivity contribution in [2.75, 3.05) is 0 Å². The lowest BCUT2D eigenvalue weighted by Gasteiger charge is -2.39.